The number of thioether (sulfide) groups is 1. The number of carbonyl (C=O) groups excluding carboxylic acids is 1. The van der Waals surface area contributed by atoms with Gasteiger partial charge in [-0.2, -0.15) is 5.10 Å². The zero-order valence-electron chi connectivity index (χ0n) is 16.1. The highest BCUT2D eigenvalue weighted by Crippen LogP contribution is 2.24. The van der Waals surface area contributed by atoms with Crippen LogP contribution in [-0.4, -0.2) is 38.0 Å². The van der Waals surface area contributed by atoms with Gasteiger partial charge in [0.1, 0.15) is 5.49 Å². The number of halogens is 1. The molecule has 9 heteroatoms. The summed E-state index contributed by atoms with van der Waals surface area (Å²) < 4.78 is 1.71. The van der Waals surface area contributed by atoms with Gasteiger partial charge in [0.25, 0.3) is 0 Å². The molecule has 28 heavy (non-hydrogen) atoms. The Morgan fingerprint density at radius 1 is 1.39 bits per heavy atom. The lowest BCUT2D eigenvalue weighted by Gasteiger charge is -2.14. The van der Waals surface area contributed by atoms with E-state index in [0.717, 1.165) is 29.8 Å². The largest absolute Gasteiger partial charge is 0.355 e. The van der Waals surface area contributed by atoms with Gasteiger partial charge in [-0.1, -0.05) is 42.8 Å². The fourth-order valence-corrected chi connectivity index (χ4v) is 3.79. The summed E-state index contributed by atoms with van der Waals surface area (Å²) in [6, 6.07) is 5.61. The number of fused-ring (bicyclic) bond motifs is 1. The lowest BCUT2D eigenvalue weighted by atomic mass is 10.2. The molecule has 1 amide bonds. The first kappa shape index (κ1) is 20.4. The molecule has 2 heterocycles. The van der Waals surface area contributed by atoms with Crippen LogP contribution in [0.3, 0.4) is 0 Å². The predicted octanol–water partition coefficient (Wildman–Crippen LogP) is 3.51. The predicted molar refractivity (Wildman–Crippen MR) is 112 cm³/mol. The van der Waals surface area contributed by atoms with Crippen molar-refractivity contribution in [3.05, 3.63) is 40.0 Å². The molecule has 1 aromatic carbocycles. The van der Waals surface area contributed by atoms with Gasteiger partial charge in [-0.3, -0.25) is 19.9 Å². The van der Waals surface area contributed by atoms with E-state index in [1.807, 2.05) is 32.0 Å². The molecule has 0 aliphatic carbocycles. The molecule has 7 nitrogen and oxygen atoms in total. The molecular weight excluding hydrogens is 396 g/mol. The number of aromatic nitrogens is 4. The van der Waals surface area contributed by atoms with Crippen molar-refractivity contribution >= 4 is 40.3 Å². The van der Waals surface area contributed by atoms with Crippen LogP contribution in [0.15, 0.2) is 23.4 Å². The number of benzene rings is 1. The van der Waals surface area contributed by atoms with Gasteiger partial charge in [0.15, 0.2) is 10.8 Å². The first-order chi connectivity index (χ1) is 13.4. The molecule has 0 saturated carbocycles. The quantitative estimate of drug-likeness (QED) is 0.310. The van der Waals surface area contributed by atoms with Crippen LogP contribution in [0, 0.1) is 19.3 Å². The van der Waals surface area contributed by atoms with E-state index >= 15 is 0 Å². The van der Waals surface area contributed by atoms with Crippen LogP contribution in [0.4, 0.5) is 0 Å². The Morgan fingerprint density at radius 2 is 2.18 bits per heavy atom. The summed E-state index contributed by atoms with van der Waals surface area (Å²) in [5.41, 5.74) is 3.17. The summed E-state index contributed by atoms with van der Waals surface area (Å²) in [5.74, 6) is 0.156. The van der Waals surface area contributed by atoms with Crippen LogP contribution >= 0.6 is 23.4 Å². The molecule has 0 aliphatic rings. The number of unbranched alkanes of at least 4 members (excludes halogenated alkanes) is 1. The van der Waals surface area contributed by atoms with Crippen molar-refractivity contribution in [2.24, 2.45) is 0 Å². The van der Waals surface area contributed by atoms with Crippen molar-refractivity contribution in [3.8, 4) is 5.69 Å². The molecule has 0 aliphatic heterocycles. The number of nitrogens with zero attached hydrogens (tertiary/aromatic N) is 3. The third-order valence-electron chi connectivity index (χ3n) is 4.38. The number of nitrogens with one attached hydrogen (secondary N) is 3. The lowest BCUT2D eigenvalue weighted by Crippen LogP contribution is -2.27. The number of aryl methyl sites for hydroxylation is 2. The maximum Gasteiger partial charge on any atom is 0.230 e. The van der Waals surface area contributed by atoms with Crippen LogP contribution in [-0.2, 0) is 4.79 Å². The highest BCUT2D eigenvalue weighted by Gasteiger charge is 2.16. The third-order valence-corrected chi connectivity index (χ3v) is 5.73. The Bertz CT molecular complexity index is 1070. The fourth-order valence-electron chi connectivity index (χ4n) is 2.77. The average Bonchev–Trinajstić information content (AvgIpc) is 3.04. The summed E-state index contributed by atoms with van der Waals surface area (Å²) >= 11 is 7.59. The van der Waals surface area contributed by atoms with Crippen molar-refractivity contribution in [2.45, 2.75) is 38.8 Å². The minimum Gasteiger partial charge on any atom is -0.355 e. The van der Waals surface area contributed by atoms with Crippen LogP contribution in [0.1, 0.15) is 31.0 Å². The van der Waals surface area contributed by atoms with Gasteiger partial charge in [-0.05, 0) is 38.0 Å². The average molecular weight is 419 g/mol. The summed E-state index contributed by atoms with van der Waals surface area (Å²) in [5, 5.41) is 20.5. The molecule has 148 valence electrons. The van der Waals surface area contributed by atoms with Crippen molar-refractivity contribution < 1.29 is 4.79 Å². The summed E-state index contributed by atoms with van der Waals surface area (Å²) in [6.07, 6.45) is 1.98. The van der Waals surface area contributed by atoms with E-state index in [0.29, 0.717) is 27.8 Å². The molecular formula is C19H23ClN6OS. The second-order valence-electron chi connectivity index (χ2n) is 6.55. The van der Waals surface area contributed by atoms with E-state index in [9.17, 15) is 4.79 Å². The van der Waals surface area contributed by atoms with Crippen LogP contribution in [0.25, 0.3) is 16.7 Å². The number of amides is 1. The summed E-state index contributed by atoms with van der Waals surface area (Å²) in [4.78, 5) is 16.7. The molecule has 0 bridgehead atoms. The van der Waals surface area contributed by atoms with Crippen molar-refractivity contribution in [3.63, 3.8) is 0 Å². The Balaban J connectivity index is 2.01. The first-order valence-corrected chi connectivity index (χ1v) is 10.5. The molecule has 0 atom stereocenters. The van der Waals surface area contributed by atoms with E-state index in [-0.39, 0.29) is 17.1 Å². The molecule has 0 spiro atoms. The Kier molecular flexibility index (Phi) is 6.41. The van der Waals surface area contributed by atoms with Crippen molar-refractivity contribution in [2.75, 3.05) is 12.3 Å². The van der Waals surface area contributed by atoms with Crippen LogP contribution < -0.4 is 10.8 Å². The maximum atomic E-state index is 12.1. The SMILES string of the molecule is CCCCNC(=O)CSc1nc2n[nH]c(C)c2c(=N)n1-c1ccc(C)c(Cl)c1. The number of aromatic amines is 1. The summed E-state index contributed by atoms with van der Waals surface area (Å²) in [7, 11) is 0. The minimum atomic E-state index is -0.0569. The number of carbonyl (C=O) groups is 1. The maximum absolute atomic E-state index is 12.1. The fraction of sp³-hybridized carbons (Fsp3) is 0.368. The second kappa shape index (κ2) is 8.79. The normalized spacial score (nSPS) is 11.1. The molecule has 3 N–H and O–H groups in total. The van der Waals surface area contributed by atoms with Gasteiger partial charge < -0.3 is 5.32 Å². The van der Waals surface area contributed by atoms with Gasteiger partial charge in [0.2, 0.25) is 5.91 Å². The topological polar surface area (TPSA) is 99.5 Å². The molecule has 0 fully saturated rings. The van der Waals surface area contributed by atoms with Gasteiger partial charge in [0, 0.05) is 17.3 Å². The monoisotopic (exact) mass is 418 g/mol. The molecule has 3 rings (SSSR count). The lowest BCUT2D eigenvalue weighted by molar-refractivity contribution is -0.118. The first-order valence-electron chi connectivity index (χ1n) is 9.10. The highest BCUT2D eigenvalue weighted by molar-refractivity contribution is 7.99. The van der Waals surface area contributed by atoms with Gasteiger partial charge in [-0.25, -0.2) is 4.98 Å². The summed E-state index contributed by atoms with van der Waals surface area (Å²) in [6.45, 7) is 6.53. The van der Waals surface area contributed by atoms with E-state index in [1.165, 1.54) is 11.8 Å². The minimum absolute atomic E-state index is 0.0569. The van der Waals surface area contributed by atoms with Crippen LogP contribution in [0.2, 0.25) is 5.02 Å². The smallest absolute Gasteiger partial charge is 0.230 e. The van der Waals surface area contributed by atoms with Gasteiger partial charge in [-0.15, -0.1) is 0 Å². The number of hydrogen-bond acceptors (Lipinski definition) is 5. The van der Waals surface area contributed by atoms with Crippen LogP contribution in [0.5, 0.6) is 0 Å². The van der Waals surface area contributed by atoms with Gasteiger partial charge >= 0.3 is 0 Å². The third kappa shape index (κ3) is 4.23. The zero-order chi connectivity index (χ0) is 20.3. The second-order valence-corrected chi connectivity index (χ2v) is 7.90. The molecule has 0 saturated heterocycles. The number of H-pyrrole nitrogens is 1. The van der Waals surface area contributed by atoms with E-state index in [1.54, 1.807) is 4.57 Å². The molecule has 3 aromatic rings. The van der Waals surface area contributed by atoms with Crippen molar-refractivity contribution in [1.82, 2.24) is 25.1 Å². The zero-order valence-corrected chi connectivity index (χ0v) is 17.7. The van der Waals surface area contributed by atoms with Crippen molar-refractivity contribution in [1.29, 1.82) is 5.41 Å². The van der Waals surface area contributed by atoms with E-state index in [4.69, 9.17) is 17.0 Å². The molecule has 0 radical (unpaired) electrons. The Labute approximate surface area is 172 Å². The van der Waals surface area contributed by atoms with E-state index in [2.05, 4.69) is 27.4 Å². The molecule has 0 unspecified atom stereocenters. The Morgan fingerprint density at radius 3 is 2.89 bits per heavy atom. The van der Waals surface area contributed by atoms with Gasteiger partial charge in [0.05, 0.1) is 16.8 Å². The standard InChI is InChI=1S/C19H23ClN6OS/c1-4-5-8-22-15(27)10-28-19-23-18-16(12(3)24-25-18)17(21)26(19)13-7-6-11(2)14(20)9-13/h6-7,9,21H,4-5,8,10H2,1-3H3,(H,22,27)(H,24,25). The highest BCUT2D eigenvalue weighted by atomic mass is 35.5. The molecule has 2 aromatic heterocycles. The Hall–Kier alpha value is -2.32. The number of hydrogen-bond donors (Lipinski definition) is 3. The number of rotatable bonds is 7. The van der Waals surface area contributed by atoms with E-state index < -0.39 is 0 Å².